The molecule has 0 radical (unpaired) electrons. The van der Waals surface area contributed by atoms with Crippen LogP contribution in [0.25, 0.3) is 0 Å². The maximum atomic E-state index is 10.0. The van der Waals surface area contributed by atoms with Crippen LogP contribution in [0.15, 0.2) is 24.3 Å². The first-order valence-electron chi connectivity index (χ1n) is 6.07. The van der Waals surface area contributed by atoms with Crippen LogP contribution in [0, 0.1) is 0 Å². The van der Waals surface area contributed by atoms with E-state index in [4.69, 9.17) is 4.74 Å². The molecule has 0 amide bonds. The van der Waals surface area contributed by atoms with Gasteiger partial charge < -0.3 is 9.84 Å². The molecule has 90 valence electrons. The molecule has 2 heteroatoms. The zero-order chi connectivity index (χ0) is 12.0. The molecular formula is C14H22O2. The zero-order valence-corrected chi connectivity index (χ0v) is 10.4. The Morgan fingerprint density at radius 1 is 1.19 bits per heavy atom. The lowest BCUT2D eigenvalue weighted by Gasteiger charge is -2.19. The predicted molar refractivity (Wildman–Crippen MR) is 66.5 cm³/mol. The second-order valence-electron chi connectivity index (χ2n) is 4.10. The molecule has 16 heavy (non-hydrogen) atoms. The van der Waals surface area contributed by atoms with Crippen molar-refractivity contribution in [2.45, 2.75) is 45.8 Å². The van der Waals surface area contributed by atoms with Gasteiger partial charge in [0, 0.05) is 6.61 Å². The minimum atomic E-state index is -0.532. The number of aliphatic hydroxyl groups excluding tert-OH is 1. The molecule has 0 saturated heterocycles. The van der Waals surface area contributed by atoms with Gasteiger partial charge in [0.1, 0.15) is 6.10 Å². The van der Waals surface area contributed by atoms with Crippen molar-refractivity contribution in [3.63, 3.8) is 0 Å². The number of hydrogen-bond donors (Lipinski definition) is 1. The molecule has 2 atom stereocenters. The Labute approximate surface area is 98.3 Å². The third kappa shape index (κ3) is 3.62. The lowest BCUT2D eigenvalue weighted by Crippen LogP contribution is -2.18. The number of aryl methyl sites for hydroxylation is 1. The van der Waals surface area contributed by atoms with Crippen LogP contribution >= 0.6 is 0 Å². The molecule has 0 aliphatic heterocycles. The van der Waals surface area contributed by atoms with E-state index in [0.29, 0.717) is 6.61 Å². The van der Waals surface area contributed by atoms with Crippen molar-refractivity contribution in [1.82, 2.24) is 0 Å². The first kappa shape index (κ1) is 13.2. The number of hydrogen-bond acceptors (Lipinski definition) is 2. The van der Waals surface area contributed by atoms with Gasteiger partial charge in [0.25, 0.3) is 0 Å². The van der Waals surface area contributed by atoms with Gasteiger partial charge in [-0.1, -0.05) is 37.6 Å². The third-order valence-corrected chi connectivity index (χ3v) is 2.73. The van der Waals surface area contributed by atoms with Gasteiger partial charge in [-0.25, -0.2) is 0 Å². The van der Waals surface area contributed by atoms with Crippen molar-refractivity contribution in [3.8, 4) is 0 Å². The Morgan fingerprint density at radius 3 is 2.31 bits per heavy atom. The van der Waals surface area contributed by atoms with E-state index in [1.807, 2.05) is 26.0 Å². The van der Waals surface area contributed by atoms with Crippen molar-refractivity contribution >= 4 is 0 Å². The first-order valence-corrected chi connectivity index (χ1v) is 6.07. The lowest BCUT2D eigenvalue weighted by molar-refractivity contribution is -0.0227. The summed E-state index contributed by atoms with van der Waals surface area (Å²) >= 11 is 0. The van der Waals surface area contributed by atoms with Crippen molar-refractivity contribution in [3.05, 3.63) is 35.4 Å². The molecule has 0 heterocycles. The minimum Gasteiger partial charge on any atom is -0.386 e. The molecule has 0 aliphatic rings. The van der Waals surface area contributed by atoms with Crippen LogP contribution in [0.2, 0.25) is 0 Å². The van der Waals surface area contributed by atoms with E-state index in [9.17, 15) is 5.11 Å². The van der Waals surface area contributed by atoms with Crippen LogP contribution in [-0.4, -0.2) is 17.8 Å². The van der Waals surface area contributed by atoms with Gasteiger partial charge in [0.05, 0.1) is 6.10 Å². The summed E-state index contributed by atoms with van der Waals surface area (Å²) in [5, 5.41) is 10.0. The summed E-state index contributed by atoms with van der Waals surface area (Å²) in [6.07, 6.45) is 1.56. The molecule has 2 nitrogen and oxygen atoms in total. The van der Waals surface area contributed by atoms with Crippen molar-refractivity contribution in [1.29, 1.82) is 0 Å². The summed E-state index contributed by atoms with van der Waals surface area (Å²) in [5.41, 5.74) is 2.25. The fraction of sp³-hybridized carbons (Fsp3) is 0.571. The zero-order valence-electron chi connectivity index (χ0n) is 10.4. The predicted octanol–water partition coefficient (Wildman–Crippen LogP) is 3.10. The van der Waals surface area contributed by atoms with Gasteiger partial charge in [-0.3, -0.25) is 0 Å². The molecule has 0 saturated carbocycles. The Hall–Kier alpha value is -0.860. The van der Waals surface area contributed by atoms with E-state index in [2.05, 4.69) is 19.1 Å². The minimum absolute atomic E-state index is 0.151. The van der Waals surface area contributed by atoms with E-state index in [1.54, 1.807) is 0 Å². The van der Waals surface area contributed by atoms with Crippen LogP contribution in [0.1, 0.15) is 44.4 Å². The number of aliphatic hydroxyl groups is 1. The number of rotatable bonds is 6. The summed E-state index contributed by atoms with van der Waals surface area (Å²) in [6.45, 7) is 6.63. The summed E-state index contributed by atoms with van der Waals surface area (Å²) in [4.78, 5) is 0. The summed E-state index contributed by atoms with van der Waals surface area (Å²) in [7, 11) is 0. The third-order valence-electron chi connectivity index (χ3n) is 2.73. The van der Waals surface area contributed by atoms with Crippen molar-refractivity contribution in [2.75, 3.05) is 6.61 Å². The van der Waals surface area contributed by atoms with E-state index in [0.717, 1.165) is 18.4 Å². The van der Waals surface area contributed by atoms with Crippen LogP contribution in [0.5, 0.6) is 0 Å². The fourth-order valence-electron chi connectivity index (χ4n) is 1.80. The normalized spacial score (nSPS) is 14.8. The van der Waals surface area contributed by atoms with Gasteiger partial charge in [-0.2, -0.15) is 0 Å². The first-order chi connectivity index (χ1) is 7.69. The van der Waals surface area contributed by atoms with E-state index in [1.165, 1.54) is 5.56 Å². The molecule has 0 fully saturated rings. The second-order valence-corrected chi connectivity index (χ2v) is 4.10. The van der Waals surface area contributed by atoms with E-state index >= 15 is 0 Å². The molecule has 1 rings (SSSR count). The summed E-state index contributed by atoms with van der Waals surface area (Å²) in [5.74, 6) is 0. The Bertz CT molecular complexity index is 292. The van der Waals surface area contributed by atoms with Crippen LogP contribution < -0.4 is 0 Å². The molecular weight excluding hydrogens is 200 g/mol. The maximum absolute atomic E-state index is 10.0. The van der Waals surface area contributed by atoms with Gasteiger partial charge in [0.2, 0.25) is 0 Å². The monoisotopic (exact) mass is 222 g/mol. The number of ether oxygens (including phenoxy) is 1. The highest BCUT2D eigenvalue weighted by molar-refractivity contribution is 5.24. The van der Waals surface area contributed by atoms with Gasteiger partial charge in [-0.05, 0) is 31.4 Å². The lowest BCUT2D eigenvalue weighted by atomic mass is 10.0. The van der Waals surface area contributed by atoms with Gasteiger partial charge >= 0.3 is 0 Å². The molecule has 0 aliphatic carbocycles. The van der Waals surface area contributed by atoms with Crippen LogP contribution in [0.4, 0.5) is 0 Å². The fourth-order valence-corrected chi connectivity index (χ4v) is 1.80. The molecule has 1 aromatic carbocycles. The second kappa shape index (κ2) is 6.66. The van der Waals surface area contributed by atoms with Crippen molar-refractivity contribution in [2.24, 2.45) is 0 Å². The SMILES string of the molecule is CCCc1ccc(C(O)C(C)OCC)cc1. The Kier molecular flexibility index (Phi) is 5.50. The molecule has 1 N–H and O–H groups in total. The van der Waals surface area contributed by atoms with Crippen LogP contribution in [-0.2, 0) is 11.2 Å². The summed E-state index contributed by atoms with van der Waals surface area (Å²) < 4.78 is 5.39. The standard InChI is InChI=1S/C14H22O2/c1-4-6-12-7-9-13(10-8-12)14(15)11(3)16-5-2/h7-11,14-15H,4-6H2,1-3H3. The van der Waals surface area contributed by atoms with Crippen molar-refractivity contribution < 1.29 is 9.84 Å². The smallest absolute Gasteiger partial charge is 0.105 e. The number of benzene rings is 1. The molecule has 0 spiro atoms. The van der Waals surface area contributed by atoms with E-state index < -0.39 is 6.10 Å². The van der Waals surface area contributed by atoms with E-state index in [-0.39, 0.29) is 6.10 Å². The quantitative estimate of drug-likeness (QED) is 0.801. The summed E-state index contributed by atoms with van der Waals surface area (Å²) in [6, 6.07) is 8.15. The highest BCUT2D eigenvalue weighted by atomic mass is 16.5. The average Bonchev–Trinajstić information content (AvgIpc) is 2.30. The Morgan fingerprint density at radius 2 is 1.81 bits per heavy atom. The highest BCUT2D eigenvalue weighted by Gasteiger charge is 2.15. The van der Waals surface area contributed by atoms with Crippen LogP contribution in [0.3, 0.4) is 0 Å². The molecule has 1 aromatic rings. The van der Waals surface area contributed by atoms with Gasteiger partial charge in [0.15, 0.2) is 0 Å². The van der Waals surface area contributed by atoms with Gasteiger partial charge in [-0.15, -0.1) is 0 Å². The molecule has 0 bridgehead atoms. The Balaban J connectivity index is 2.65. The maximum Gasteiger partial charge on any atom is 0.105 e. The molecule has 2 unspecified atom stereocenters. The molecule has 0 aromatic heterocycles. The average molecular weight is 222 g/mol. The highest BCUT2D eigenvalue weighted by Crippen LogP contribution is 2.19. The topological polar surface area (TPSA) is 29.5 Å². The largest absolute Gasteiger partial charge is 0.386 e.